The lowest BCUT2D eigenvalue weighted by molar-refractivity contribution is -0.111. The Balaban J connectivity index is 1.69. The third-order valence-electron chi connectivity index (χ3n) is 3.98. The van der Waals surface area contributed by atoms with Crippen LogP contribution in [0.4, 0.5) is 10.1 Å². The van der Waals surface area contributed by atoms with E-state index < -0.39 is 11.7 Å². The summed E-state index contributed by atoms with van der Waals surface area (Å²) in [6.45, 7) is 0. The van der Waals surface area contributed by atoms with Crippen LogP contribution in [0.2, 0.25) is 5.02 Å². The number of aromatic nitrogens is 1. The van der Waals surface area contributed by atoms with E-state index in [1.807, 2.05) is 0 Å². The molecule has 1 amide bonds. The van der Waals surface area contributed by atoms with E-state index in [-0.39, 0.29) is 5.75 Å². The molecule has 0 saturated carbocycles. The number of amides is 1. The molecular formula is C22H18ClFN2O4. The van der Waals surface area contributed by atoms with Crippen LogP contribution in [-0.4, -0.2) is 25.1 Å². The molecule has 0 aliphatic heterocycles. The second-order valence-electron chi connectivity index (χ2n) is 5.99. The Bertz CT molecular complexity index is 1070. The van der Waals surface area contributed by atoms with Crippen molar-refractivity contribution in [2.45, 2.75) is 0 Å². The van der Waals surface area contributed by atoms with Gasteiger partial charge in [-0.25, -0.2) is 4.39 Å². The molecule has 1 heterocycles. The number of nitrogens with one attached hydrogen (secondary N) is 1. The summed E-state index contributed by atoms with van der Waals surface area (Å²) in [5, 5.41) is 2.99. The van der Waals surface area contributed by atoms with Gasteiger partial charge in [-0.1, -0.05) is 17.7 Å². The van der Waals surface area contributed by atoms with Crippen molar-refractivity contribution >= 4 is 29.3 Å². The third kappa shape index (κ3) is 5.27. The van der Waals surface area contributed by atoms with Crippen molar-refractivity contribution in [2.75, 3.05) is 19.5 Å². The molecule has 30 heavy (non-hydrogen) atoms. The van der Waals surface area contributed by atoms with Gasteiger partial charge in [-0.3, -0.25) is 9.78 Å². The Morgan fingerprint density at radius 3 is 2.57 bits per heavy atom. The normalized spacial score (nSPS) is 10.7. The average Bonchev–Trinajstić information content (AvgIpc) is 2.75. The molecule has 6 nitrogen and oxygen atoms in total. The highest BCUT2D eigenvalue weighted by atomic mass is 35.5. The number of carbonyl (C=O) groups is 1. The van der Waals surface area contributed by atoms with Gasteiger partial charge in [0.15, 0.2) is 11.6 Å². The van der Waals surface area contributed by atoms with Crippen LogP contribution in [0.15, 0.2) is 60.9 Å². The fourth-order valence-corrected chi connectivity index (χ4v) is 2.78. The zero-order chi connectivity index (χ0) is 21.5. The highest BCUT2D eigenvalue weighted by Crippen LogP contribution is 2.35. The highest BCUT2D eigenvalue weighted by molar-refractivity contribution is 6.32. The van der Waals surface area contributed by atoms with Crippen molar-refractivity contribution in [3.63, 3.8) is 0 Å². The van der Waals surface area contributed by atoms with Crippen molar-refractivity contribution in [1.82, 2.24) is 4.98 Å². The van der Waals surface area contributed by atoms with Gasteiger partial charge in [0.1, 0.15) is 17.2 Å². The summed E-state index contributed by atoms with van der Waals surface area (Å²) in [5.74, 6) is 0.288. The zero-order valence-corrected chi connectivity index (χ0v) is 16.9. The summed E-state index contributed by atoms with van der Waals surface area (Å²) in [7, 11) is 2.94. The summed E-state index contributed by atoms with van der Waals surface area (Å²) in [6.07, 6.45) is 5.83. The number of hydrogen-bond donors (Lipinski definition) is 1. The molecular weight excluding hydrogens is 411 g/mol. The summed E-state index contributed by atoms with van der Waals surface area (Å²) in [6, 6.07) is 10.8. The number of hydrogen-bond acceptors (Lipinski definition) is 5. The molecule has 0 fully saturated rings. The summed E-state index contributed by atoms with van der Waals surface area (Å²) >= 11 is 6.10. The standard InChI is InChI=1S/C22H18ClFN2O4/c1-28-20-12-21(29-2)18(11-16(20)23)26-22(27)8-6-14-5-7-19(17(24)10-14)30-15-4-3-9-25-13-15/h3-13H,1-2H3,(H,26,27)/b8-6+. The van der Waals surface area contributed by atoms with Crippen LogP contribution in [0.3, 0.4) is 0 Å². The van der Waals surface area contributed by atoms with Gasteiger partial charge in [0, 0.05) is 18.3 Å². The van der Waals surface area contributed by atoms with E-state index in [0.717, 1.165) is 0 Å². The lowest BCUT2D eigenvalue weighted by Gasteiger charge is -2.12. The predicted molar refractivity (Wildman–Crippen MR) is 113 cm³/mol. The Morgan fingerprint density at radius 1 is 1.10 bits per heavy atom. The number of carbonyl (C=O) groups excluding carboxylic acids is 1. The van der Waals surface area contributed by atoms with Crippen LogP contribution in [-0.2, 0) is 4.79 Å². The first-order valence-corrected chi connectivity index (χ1v) is 9.16. The molecule has 0 aliphatic rings. The van der Waals surface area contributed by atoms with E-state index in [2.05, 4.69) is 10.3 Å². The molecule has 8 heteroatoms. The predicted octanol–water partition coefficient (Wildman–Crippen LogP) is 5.34. The van der Waals surface area contributed by atoms with Gasteiger partial charge in [-0.15, -0.1) is 0 Å². The molecule has 2 aromatic carbocycles. The summed E-state index contributed by atoms with van der Waals surface area (Å²) in [4.78, 5) is 16.2. The van der Waals surface area contributed by atoms with Crippen molar-refractivity contribution in [2.24, 2.45) is 0 Å². The number of ether oxygens (including phenoxy) is 3. The van der Waals surface area contributed by atoms with E-state index >= 15 is 0 Å². The Labute approximate surface area is 177 Å². The lowest BCUT2D eigenvalue weighted by atomic mass is 10.2. The number of halogens is 2. The first-order chi connectivity index (χ1) is 14.5. The SMILES string of the molecule is COc1cc(OC)c(NC(=O)/C=C/c2ccc(Oc3cccnc3)c(F)c2)cc1Cl. The van der Waals surface area contributed by atoms with E-state index in [0.29, 0.717) is 33.5 Å². The largest absolute Gasteiger partial charge is 0.495 e. The maximum atomic E-state index is 14.3. The second kappa shape index (κ2) is 9.76. The maximum absolute atomic E-state index is 14.3. The molecule has 0 bridgehead atoms. The van der Waals surface area contributed by atoms with Crippen molar-refractivity contribution < 1.29 is 23.4 Å². The molecule has 3 rings (SSSR count). The molecule has 0 atom stereocenters. The van der Waals surface area contributed by atoms with Gasteiger partial charge in [0.2, 0.25) is 5.91 Å². The molecule has 3 aromatic rings. The Morgan fingerprint density at radius 2 is 1.90 bits per heavy atom. The fourth-order valence-electron chi connectivity index (χ4n) is 2.54. The fraction of sp³-hybridized carbons (Fsp3) is 0.0909. The molecule has 0 aliphatic carbocycles. The number of nitrogens with zero attached hydrogens (tertiary/aromatic N) is 1. The van der Waals surface area contributed by atoms with Crippen LogP contribution in [0.1, 0.15) is 5.56 Å². The van der Waals surface area contributed by atoms with E-state index in [4.69, 9.17) is 25.8 Å². The average molecular weight is 429 g/mol. The quantitative estimate of drug-likeness (QED) is 0.515. The highest BCUT2D eigenvalue weighted by Gasteiger charge is 2.11. The third-order valence-corrected chi connectivity index (χ3v) is 4.27. The number of methoxy groups -OCH3 is 2. The molecule has 0 saturated heterocycles. The minimum atomic E-state index is -0.565. The Kier molecular flexibility index (Phi) is 6.87. The monoisotopic (exact) mass is 428 g/mol. The van der Waals surface area contributed by atoms with Gasteiger partial charge >= 0.3 is 0 Å². The molecule has 0 radical (unpaired) electrons. The number of benzene rings is 2. The van der Waals surface area contributed by atoms with E-state index in [9.17, 15) is 9.18 Å². The molecule has 0 spiro atoms. The Hall–Kier alpha value is -3.58. The van der Waals surface area contributed by atoms with Crippen LogP contribution in [0.5, 0.6) is 23.0 Å². The zero-order valence-electron chi connectivity index (χ0n) is 16.2. The van der Waals surface area contributed by atoms with Crippen LogP contribution in [0.25, 0.3) is 6.08 Å². The first-order valence-electron chi connectivity index (χ1n) is 8.78. The van der Waals surface area contributed by atoms with Crippen LogP contribution in [0, 0.1) is 5.82 Å². The summed E-state index contributed by atoms with van der Waals surface area (Å²) in [5.41, 5.74) is 0.866. The first kappa shape index (κ1) is 21.1. The van der Waals surface area contributed by atoms with Crippen molar-refractivity contribution in [3.8, 4) is 23.0 Å². The maximum Gasteiger partial charge on any atom is 0.248 e. The molecule has 0 unspecified atom stereocenters. The van der Waals surface area contributed by atoms with Gasteiger partial charge in [0.05, 0.1) is 31.1 Å². The van der Waals surface area contributed by atoms with Crippen LogP contribution >= 0.6 is 11.6 Å². The van der Waals surface area contributed by atoms with E-state index in [1.54, 1.807) is 30.5 Å². The van der Waals surface area contributed by atoms with Gasteiger partial charge in [-0.2, -0.15) is 0 Å². The molecule has 154 valence electrons. The van der Waals surface area contributed by atoms with Crippen molar-refractivity contribution in [3.05, 3.63) is 77.3 Å². The second-order valence-corrected chi connectivity index (χ2v) is 6.40. The summed E-state index contributed by atoms with van der Waals surface area (Å²) < 4.78 is 30.1. The lowest BCUT2D eigenvalue weighted by Crippen LogP contribution is -2.09. The van der Waals surface area contributed by atoms with Gasteiger partial charge in [-0.05, 0) is 42.0 Å². The van der Waals surface area contributed by atoms with E-state index in [1.165, 1.54) is 50.8 Å². The van der Waals surface area contributed by atoms with Gasteiger partial charge < -0.3 is 19.5 Å². The van der Waals surface area contributed by atoms with Crippen molar-refractivity contribution in [1.29, 1.82) is 0 Å². The number of pyridine rings is 1. The topological polar surface area (TPSA) is 69.7 Å². The smallest absolute Gasteiger partial charge is 0.248 e. The minimum absolute atomic E-state index is 0.0576. The van der Waals surface area contributed by atoms with Crippen LogP contribution < -0.4 is 19.5 Å². The number of anilines is 1. The number of rotatable bonds is 7. The molecule has 1 aromatic heterocycles. The minimum Gasteiger partial charge on any atom is -0.495 e. The van der Waals surface area contributed by atoms with Gasteiger partial charge in [0.25, 0.3) is 0 Å². The molecule has 1 N–H and O–H groups in total.